The van der Waals surface area contributed by atoms with Crippen molar-refractivity contribution in [3.8, 4) is 0 Å². The summed E-state index contributed by atoms with van der Waals surface area (Å²) in [5.41, 5.74) is 0. The summed E-state index contributed by atoms with van der Waals surface area (Å²) in [4.78, 5) is 7.26. The van der Waals surface area contributed by atoms with E-state index in [1.54, 1.807) is 6.20 Å². The molecule has 84 valence electrons. The molecule has 0 aromatic carbocycles. The molecule has 0 bridgehead atoms. The Hall–Kier alpha value is -0.870. The Morgan fingerprint density at radius 2 is 2.20 bits per heavy atom. The van der Waals surface area contributed by atoms with E-state index < -0.39 is 0 Å². The van der Waals surface area contributed by atoms with Crippen molar-refractivity contribution < 1.29 is 5.11 Å². The molecule has 1 aromatic heterocycles. The van der Waals surface area contributed by atoms with Gasteiger partial charge >= 0.3 is 0 Å². The fourth-order valence-corrected chi connectivity index (χ4v) is 2.18. The van der Waals surface area contributed by atoms with Crippen LogP contribution in [0, 0.1) is 5.92 Å². The van der Waals surface area contributed by atoms with Gasteiger partial charge in [-0.2, -0.15) is 0 Å². The van der Waals surface area contributed by atoms with E-state index in [0.29, 0.717) is 18.6 Å². The third kappa shape index (κ3) is 3.04. The lowest BCUT2D eigenvalue weighted by atomic mass is 9.86. The summed E-state index contributed by atoms with van der Waals surface area (Å²) in [6.07, 6.45) is 8.26. The molecule has 1 heterocycles. The summed E-state index contributed by atoms with van der Waals surface area (Å²) in [5.74, 6) is 1.53. The predicted octanol–water partition coefficient (Wildman–Crippen LogP) is 1.05. The van der Waals surface area contributed by atoms with Crippen LogP contribution in [-0.4, -0.2) is 27.7 Å². The third-order valence-electron chi connectivity index (χ3n) is 3.22. The van der Waals surface area contributed by atoms with Crippen molar-refractivity contribution in [2.24, 2.45) is 5.92 Å². The van der Waals surface area contributed by atoms with Crippen LogP contribution in [0.25, 0.3) is 0 Å². The minimum Gasteiger partial charge on any atom is -0.396 e. The zero-order valence-corrected chi connectivity index (χ0v) is 8.95. The number of hydrogen-bond acceptors (Lipinski definition) is 3. The maximum Gasteiger partial charge on any atom is 0.120 e. The number of nitrogens with zero attached hydrogens (tertiary/aromatic N) is 1. The second-order valence-electron chi connectivity index (χ2n) is 4.32. The molecule has 0 radical (unpaired) electrons. The van der Waals surface area contributed by atoms with Gasteiger partial charge in [-0.05, 0) is 31.6 Å². The van der Waals surface area contributed by atoms with Crippen LogP contribution >= 0.6 is 0 Å². The Kier molecular flexibility index (Phi) is 3.75. The Morgan fingerprint density at radius 3 is 2.80 bits per heavy atom. The molecule has 1 aliphatic rings. The van der Waals surface area contributed by atoms with Crippen molar-refractivity contribution in [3.05, 3.63) is 18.2 Å². The SMILES string of the molecule is OCC1CCC(NCc2ncc[nH]2)CC1. The third-order valence-corrected chi connectivity index (χ3v) is 3.22. The summed E-state index contributed by atoms with van der Waals surface area (Å²) < 4.78 is 0. The first-order chi connectivity index (χ1) is 7.38. The van der Waals surface area contributed by atoms with Gasteiger partial charge in [-0.1, -0.05) is 0 Å². The molecule has 3 N–H and O–H groups in total. The number of imidazole rings is 1. The van der Waals surface area contributed by atoms with Crippen molar-refractivity contribution in [3.63, 3.8) is 0 Å². The number of nitrogens with one attached hydrogen (secondary N) is 2. The van der Waals surface area contributed by atoms with Gasteiger partial charge in [0.1, 0.15) is 5.82 Å². The van der Waals surface area contributed by atoms with Gasteiger partial charge in [0.15, 0.2) is 0 Å². The molecule has 1 fully saturated rings. The van der Waals surface area contributed by atoms with Crippen LogP contribution in [0.5, 0.6) is 0 Å². The van der Waals surface area contributed by atoms with Crippen LogP contribution in [0.15, 0.2) is 12.4 Å². The molecule has 1 aliphatic carbocycles. The average molecular weight is 209 g/mol. The molecular formula is C11H19N3O. The van der Waals surface area contributed by atoms with Gasteiger partial charge < -0.3 is 15.4 Å². The molecular weight excluding hydrogens is 190 g/mol. The lowest BCUT2D eigenvalue weighted by molar-refractivity contribution is 0.175. The molecule has 1 saturated carbocycles. The van der Waals surface area contributed by atoms with Crippen molar-refractivity contribution >= 4 is 0 Å². The first kappa shape index (κ1) is 10.6. The van der Waals surface area contributed by atoms with Gasteiger partial charge in [-0.15, -0.1) is 0 Å². The van der Waals surface area contributed by atoms with E-state index in [9.17, 15) is 0 Å². The summed E-state index contributed by atoms with van der Waals surface area (Å²) >= 11 is 0. The first-order valence-electron chi connectivity index (χ1n) is 5.71. The van der Waals surface area contributed by atoms with E-state index in [-0.39, 0.29) is 0 Å². The Balaban J connectivity index is 1.69. The van der Waals surface area contributed by atoms with Crippen molar-refractivity contribution in [2.75, 3.05) is 6.61 Å². The van der Waals surface area contributed by atoms with E-state index in [1.165, 1.54) is 12.8 Å². The zero-order chi connectivity index (χ0) is 10.5. The number of aliphatic hydroxyl groups excluding tert-OH is 1. The summed E-state index contributed by atoms with van der Waals surface area (Å²) in [5, 5.41) is 12.5. The standard InChI is InChI=1S/C11H19N3O/c15-8-9-1-3-10(4-2-9)14-7-11-12-5-6-13-11/h5-6,9-10,14-15H,1-4,7-8H2,(H,12,13). The summed E-state index contributed by atoms with van der Waals surface area (Å²) in [7, 11) is 0. The van der Waals surface area contributed by atoms with Crippen molar-refractivity contribution in [1.82, 2.24) is 15.3 Å². The fraction of sp³-hybridized carbons (Fsp3) is 0.727. The Morgan fingerprint density at radius 1 is 1.40 bits per heavy atom. The van der Waals surface area contributed by atoms with Crippen molar-refractivity contribution in [2.45, 2.75) is 38.3 Å². The van der Waals surface area contributed by atoms with E-state index in [2.05, 4.69) is 15.3 Å². The van der Waals surface area contributed by atoms with Crippen LogP contribution in [-0.2, 0) is 6.54 Å². The second-order valence-corrected chi connectivity index (χ2v) is 4.32. The quantitative estimate of drug-likeness (QED) is 0.694. The highest BCUT2D eigenvalue weighted by Crippen LogP contribution is 2.23. The van der Waals surface area contributed by atoms with Crippen LogP contribution in [0.3, 0.4) is 0 Å². The minimum absolute atomic E-state index is 0.352. The van der Waals surface area contributed by atoms with E-state index in [1.807, 2.05) is 6.20 Å². The maximum atomic E-state index is 9.02. The normalized spacial score (nSPS) is 26.7. The van der Waals surface area contributed by atoms with Crippen LogP contribution in [0.1, 0.15) is 31.5 Å². The van der Waals surface area contributed by atoms with Gasteiger partial charge in [0, 0.05) is 25.0 Å². The van der Waals surface area contributed by atoms with E-state index >= 15 is 0 Å². The second kappa shape index (κ2) is 5.28. The lowest BCUT2D eigenvalue weighted by Crippen LogP contribution is -2.33. The highest BCUT2D eigenvalue weighted by molar-refractivity contribution is 4.87. The number of H-pyrrole nitrogens is 1. The molecule has 15 heavy (non-hydrogen) atoms. The lowest BCUT2D eigenvalue weighted by Gasteiger charge is -2.27. The topological polar surface area (TPSA) is 60.9 Å². The molecule has 2 rings (SSSR count). The van der Waals surface area contributed by atoms with Crippen LogP contribution in [0.4, 0.5) is 0 Å². The van der Waals surface area contributed by atoms with Gasteiger partial charge in [0.2, 0.25) is 0 Å². The van der Waals surface area contributed by atoms with Crippen LogP contribution in [0.2, 0.25) is 0 Å². The largest absolute Gasteiger partial charge is 0.396 e. The molecule has 4 nitrogen and oxygen atoms in total. The van der Waals surface area contributed by atoms with Crippen LogP contribution < -0.4 is 5.32 Å². The molecule has 0 spiro atoms. The number of aromatic nitrogens is 2. The number of aliphatic hydroxyl groups is 1. The molecule has 1 aromatic rings. The first-order valence-corrected chi connectivity index (χ1v) is 5.71. The maximum absolute atomic E-state index is 9.02. The molecule has 0 saturated heterocycles. The number of aromatic amines is 1. The predicted molar refractivity (Wildman–Crippen MR) is 58.3 cm³/mol. The fourth-order valence-electron chi connectivity index (χ4n) is 2.18. The molecule has 4 heteroatoms. The Bertz CT molecular complexity index is 265. The van der Waals surface area contributed by atoms with E-state index in [0.717, 1.165) is 25.2 Å². The molecule has 0 unspecified atom stereocenters. The average Bonchev–Trinajstić information content (AvgIpc) is 2.80. The highest BCUT2D eigenvalue weighted by Gasteiger charge is 2.19. The zero-order valence-electron chi connectivity index (χ0n) is 8.95. The number of rotatable bonds is 4. The Labute approximate surface area is 90.1 Å². The smallest absolute Gasteiger partial charge is 0.120 e. The van der Waals surface area contributed by atoms with Gasteiger partial charge in [0.25, 0.3) is 0 Å². The minimum atomic E-state index is 0.352. The van der Waals surface area contributed by atoms with Gasteiger partial charge in [-0.25, -0.2) is 4.98 Å². The molecule has 0 amide bonds. The monoisotopic (exact) mass is 209 g/mol. The molecule has 0 aliphatic heterocycles. The summed E-state index contributed by atoms with van der Waals surface area (Å²) in [6, 6.07) is 0.595. The molecule has 0 atom stereocenters. The van der Waals surface area contributed by atoms with Crippen molar-refractivity contribution in [1.29, 1.82) is 0 Å². The van der Waals surface area contributed by atoms with E-state index in [4.69, 9.17) is 5.11 Å². The summed E-state index contributed by atoms with van der Waals surface area (Å²) in [6.45, 7) is 1.17. The van der Waals surface area contributed by atoms with Gasteiger partial charge in [0.05, 0.1) is 6.54 Å². The van der Waals surface area contributed by atoms with Gasteiger partial charge in [-0.3, -0.25) is 0 Å². The number of hydrogen-bond donors (Lipinski definition) is 3. The highest BCUT2D eigenvalue weighted by atomic mass is 16.3.